The van der Waals surface area contributed by atoms with Crippen molar-refractivity contribution in [3.63, 3.8) is 0 Å². The number of nitrogens with zero attached hydrogens (tertiary/aromatic N) is 1. The molecule has 0 atom stereocenters. The van der Waals surface area contributed by atoms with Gasteiger partial charge >= 0.3 is 0 Å². The molecule has 0 spiro atoms. The van der Waals surface area contributed by atoms with Crippen molar-refractivity contribution in [1.82, 2.24) is 5.32 Å². The van der Waals surface area contributed by atoms with E-state index >= 15 is 0 Å². The standard InChI is InChI=1S/C22H24F2N2O3/c1-14-7-10-19(29-2)21-16(14)5-4-12-26(21)20(27)6-3-11-25-22(28)17-9-8-15(23)13-18(17)24/h7-10,13H,3-6,11-12H2,1-2H3,(H,25,28). The summed E-state index contributed by atoms with van der Waals surface area (Å²) >= 11 is 0. The molecule has 29 heavy (non-hydrogen) atoms. The Morgan fingerprint density at radius 3 is 2.72 bits per heavy atom. The van der Waals surface area contributed by atoms with Crippen molar-refractivity contribution in [1.29, 1.82) is 0 Å². The number of anilines is 1. The maximum absolute atomic E-state index is 13.7. The molecule has 0 unspecified atom stereocenters. The normalized spacial score (nSPS) is 13.0. The Morgan fingerprint density at radius 1 is 1.21 bits per heavy atom. The van der Waals surface area contributed by atoms with E-state index in [1.165, 1.54) is 0 Å². The van der Waals surface area contributed by atoms with Crippen LogP contribution >= 0.6 is 0 Å². The summed E-state index contributed by atoms with van der Waals surface area (Å²) < 4.78 is 32.1. The third-order valence-electron chi connectivity index (χ3n) is 5.11. The monoisotopic (exact) mass is 402 g/mol. The van der Waals surface area contributed by atoms with Gasteiger partial charge in [-0.05, 0) is 55.5 Å². The van der Waals surface area contributed by atoms with Gasteiger partial charge in [0, 0.05) is 25.6 Å². The van der Waals surface area contributed by atoms with Crippen LogP contribution in [0.5, 0.6) is 5.75 Å². The first-order chi connectivity index (χ1) is 13.9. The maximum atomic E-state index is 13.7. The molecule has 0 fully saturated rings. The molecule has 5 nitrogen and oxygen atoms in total. The summed E-state index contributed by atoms with van der Waals surface area (Å²) in [6, 6.07) is 6.67. The molecule has 0 saturated carbocycles. The third kappa shape index (κ3) is 4.55. The molecule has 0 aliphatic carbocycles. The van der Waals surface area contributed by atoms with E-state index in [1.807, 2.05) is 19.1 Å². The highest BCUT2D eigenvalue weighted by atomic mass is 19.1. The largest absolute Gasteiger partial charge is 0.495 e. The van der Waals surface area contributed by atoms with Crippen LogP contribution in [0, 0.1) is 18.6 Å². The number of benzene rings is 2. The molecule has 0 saturated heterocycles. The minimum atomic E-state index is -0.911. The van der Waals surface area contributed by atoms with E-state index in [0.717, 1.165) is 41.8 Å². The minimum absolute atomic E-state index is 0.0444. The lowest BCUT2D eigenvalue weighted by Crippen LogP contribution is -2.36. The van der Waals surface area contributed by atoms with Crippen LogP contribution in [0.25, 0.3) is 0 Å². The van der Waals surface area contributed by atoms with Crippen LogP contribution in [0.2, 0.25) is 0 Å². The number of nitrogens with one attached hydrogen (secondary N) is 1. The Bertz CT molecular complexity index is 931. The second-order valence-electron chi connectivity index (χ2n) is 7.04. The smallest absolute Gasteiger partial charge is 0.254 e. The van der Waals surface area contributed by atoms with Gasteiger partial charge in [-0.3, -0.25) is 9.59 Å². The molecular formula is C22H24F2N2O3. The van der Waals surface area contributed by atoms with E-state index in [2.05, 4.69) is 5.32 Å². The van der Waals surface area contributed by atoms with Gasteiger partial charge in [0.25, 0.3) is 5.91 Å². The minimum Gasteiger partial charge on any atom is -0.495 e. The highest BCUT2D eigenvalue weighted by Gasteiger charge is 2.26. The molecule has 1 heterocycles. The van der Waals surface area contributed by atoms with Gasteiger partial charge in [-0.1, -0.05) is 6.07 Å². The van der Waals surface area contributed by atoms with Crippen LogP contribution in [0.4, 0.5) is 14.5 Å². The van der Waals surface area contributed by atoms with Crippen molar-refractivity contribution in [2.24, 2.45) is 0 Å². The number of fused-ring (bicyclic) bond motifs is 1. The summed E-state index contributed by atoms with van der Waals surface area (Å²) in [4.78, 5) is 26.6. The van der Waals surface area contributed by atoms with Gasteiger partial charge in [-0.15, -0.1) is 0 Å². The van der Waals surface area contributed by atoms with Gasteiger partial charge in [0.15, 0.2) is 0 Å². The van der Waals surface area contributed by atoms with Gasteiger partial charge in [-0.2, -0.15) is 0 Å². The summed E-state index contributed by atoms with van der Waals surface area (Å²) in [5.41, 5.74) is 2.87. The van der Waals surface area contributed by atoms with Crippen molar-refractivity contribution in [2.45, 2.75) is 32.6 Å². The van der Waals surface area contributed by atoms with Crippen LogP contribution in [0.15, 0.2) is 30.3 Å². The van der Waals surface area contributed by atoms with E-state index in [1.54, 1.807) is 12.0 Å². The highest BCUT2D eigenvalue weighted by molar-refractivity contribution is 5.97. The fourth-order valence-corrected chi connectivity index (χ4v) is 3.61. The lowest BCUT2D eigenvalue weighted by Gasteiger charge is -2.32. The zero-order chi connectivity index (χ0) is 21.0. The summed E-state index contributed by atoms with van der Waals surface area (Å²) in [5.74, 6) is -1.64. The number of hydrogen-bond donors (Lipinski definition) is 1. The molecule has 0 radical (unpaired) electrons. The molecule has 154 valence electrons. The van der Waals surface area contributed by atoms with Crippen molar-refractivity contribution in [3.8, 4) is 5.75 Å². The van der Waals surface area contributed by atoms with Crippen molar-refractivity contribution >= 4 is 17.5 Å². The molecular weight excluding hydrogens is 378 g/mol. The second-order valence-corrected chi connectivity index (χ2v) is 7.04. The number of amides is 2. The Balaban J connectivity index is 1.58. The molecule has 1 N–H and O–H groups in total. The highest BCUT2D eigenvalue weighted by Crippen LogP contribution is 2.38. The predicted molar refractivity (Wildman–Crippen MR) is 106 cm³/mol. The zero-order valence-corrected chi connectivity index (χ0v) is 16.6. The predicted octanol–water partition coefficient (Wildman–Crippen LogP) is 3.77. The van der Waals surface area contributed by atoms with E-state index in [-0.39, 0.29) is 24.4 Å². The lowest BCUT2D eigenvalue weighted by molar-refractivity contribution is -0.118. The number of aryl methyl sites for hydroxylation is 1. The molecule has 0 aromatic heterocycles. The van der Waals surface area contributed by atoms with Crippen LogP contribution in [0.1, 0.15) is 40.7 Å². The van der Waals surface area contributed by atoms with Gasteiger partial charge in [0.2, 0.25) is 5.91 Å². The van der Waals surface area contributed by atoms with Crippen molar-refractivity contribution < 1.29 is 23.1 Å². The molecule has 0 bridgehead atoms. The number of carbonyl (C=O) groups is 2. The number of carbonyl (C=O) groups excluding carboxylic acids is 2. The van der Waals surface area contributed by atoms with Crippen molar-refractivity contribution in [2.75, 3.05) is 25.1 Å². The summed E-state index contributed by atoms with van der Waals surface area (Å²) in [6.45, 7) is 2.86. The molecule has 2 aromatic rings. The first-order valence-corrected chi connectivity index (χ1v) is 9.62. The van der Waals surface area contributed by atoms with Gasteiger partial charge in [0.1, 0.15) is 17.4 Å². The quantitative estimate of drug-likeness (QED) is 0.749. The van der Waals surface area contributed by atoms with Crippen molar-refractivity contribution in [3.05, 3.63) is 58.7 Å². The third-order valence-corrected chi connectivity index (χ3v) is 5.11. The average Bonchev–Trinajstić information content (AvgIpc) is 2.71. The van der Waals surface area contributed by atoms with E-state index < -0.39 is 17.5 Å². The average molecular weight is 402 g/mol. The molecule has 3 rings (SSSR count). The SMILES string of the molecule is COc1ccc(C)c2c1N(C(=O)CCCNC(=O)c1ccc(F)cc1F)CCC2. The molecule has 1 aliphatic heterocycles. The zero-order valence-electron chi connectivity index (χ0n) is 16.6. The Labute approximate surface area is 168 Å². The topological polar surface area (TPSA) is 58.6 Å². The lowest BCUT2D eigenvalue weighted by atomic mass is 9.96. The van der Waals surface area contributed by atoms with Gasteiger partial charge in [0.05, 0.1) is 18.4 Å². The molecule has 2 aromatic carbocycles. The van der Waals surface area contributed by atoms with E-state index in [9.17, 15) is 18.4 Å². The van der Waals surface area contributed by atoms with Crippen LogP contribution < -0.4 is 15.0 Å². The van der Waals surface area contributed by atoms with E-state index in [4.69, 9.17) is 4.74 Å². The van der Waals surface area contributed by atoms with Crippen LogP contribution in [-0.2, 0) is 11.2 Å². The summed E-state index contributed by atoms with van der Waals surface area (Å²) in [5, 5.41) is 2.57. The number of ether oxygens (including phenoxy) is 1. The second kappa shape index (κ2) is 9.03. The van der Waals surface area contributed by atoms with Crippen LogP contribution in [-0.4, -0.2) is 32.0 Å². The molecule has 2 amide bonds. The molecule has 7 heteroatoms. The van der Waals surface area contributed by atoms with Crippen LogP contribution in [0.3, 0.4) is 0 Å². The number of rotatable bonds is 6. The number of hydrogen-bond acceptors (Lipinski definition) is 3. The Hall–Kier alpha value is -2.96. The number of halogens is 2. The Morgan fingerprint density at radius 2 is 2.00 bits per heavy atom. The van der Waals surface area contributed by atoms with Gasteiger partial charge in [-0.25, -0.2) is 8.78 Å². The first kappa shape index (κ1) is 20.8. The summed E-state index contributed by atoms with van der Waals surface area (Å²) in [6.07, 6.45) is 2.44. The molecule has 1 aliphatic rings. The fraction of sp³-hybridized carbons (Fsp3) is 0.364. The van der Waals surface area contributed by atoms with E-state index in [0.29, 0.717) is 24.8 Å². The number of methoxy groups -OCH3 is 1. The summed E-state index contributed by atoms with van der Waals surface area (Å²) in [7, 11) is 1.59. The van der Waals surface area contributed by atoms with Gasteiger partial charge < -0.3 is 15.0 Å². The first-order valence-electron chi connectivity index (χ1n) is 9.62. The Kier molecular flexibility index (Phi) is 6.46. The maximum Gasteiger partial charge on any atom is 0.254 e. The fourth-order valence-electron chi connectivity index (χ4n) is 3.61.